The molecule has 0 aliphatic carbocycles. The molecule has 0 aromatic carbocycles. The maximum atomic E-state index is 11.3. The number of hydrogen-bond acceptors (Lipinski definition) is 2. The van der Waals surface area contributed by atoms with Crippen molar-refractivity contribution < 1.29 is 14.5 Å². The molecule has 0 bridgehead atoms. The molecule has 0 aliphatic rings. The van der Waals surface area contributed by atoms with Crippen molar-refractivity contribution in [2.45, 2.75) is 78.3 Å². The molecule has 1 heterocycles. The molecule has 0 aliphatic heterocycles. The number of carbonyl (C=O) groups excluding carboxylic acids is 1. The van der Waals surface area contributed by atoms with Gasteiger partial charge in [0.2, 0.25) is 0 Å². The molecule has 1 rings (SSSR count). The molecule has 0 saturated heterocycles. The van der Waals surface area contributed by atoms with Crippen LogP contribution in [0.15, 0.2) is 12.4 Å². The Kier molecular flexibility index (Phi) is 8.00. The van der Waals surface area contributed by atoms with E-state index >= 15 is 0 Å². The third kappa shape index (κ3) is 5.35. The number of imidazole rings is 1. The topological polar surface area (TPSA) is 48.9 Å². The number of unbranched alkanes of at least 4 members (excludes halogenated alkanes) is 6. The second-order valence-electron chi connectivity index (χ2n) is 5.42. The summed E-state index contributed by atoms with van der Waals surface area (Å²) in [4.78, 5) is 11.3. The van der Waals surface area contributed by atoms with Gasteiger partial charge < -0.3 is 9.90 Å². The average molecular weight is 280 g/mol. The summed E-state index contributed by atoms with van der Waals surface area (Å²) >= 11 is 0. The fourth-order valence-corrected chi connectivity index (χ4v) is 2.48. The standard InChI is InChI=1S/C16H28N2O2/c1-3-5-7-9-11-17-13-14-18(15(17)16(19)20)12-10-8-6-4-2/h13-14H,3-12H2,1-2H3. The van der Waals surface area contributed by atoms with E-state index in [0.29, 0.717) is 5.82 Å². The second-order valence-corrected chi connectivity index (χ2v) is 5.42. The van der Waals surface area contributed by atoms with Crippen molar-refractivity contribution in [1.82, 2.24) is 4.57 Å². The normalized spacial score (nSPS) is 10.9. The van der Waals surface area contributed by atoms with E-state index < -0.39 is 5.97 Å². The zero-order valence-corrected chi connectivity index (χ0v) is 12.9. The Morgan fingerprint density at radius 3 is 2.35 bits per heavy atom. The Balaban J connectivity index is 2.57. The summed E-state index contributed by atoms with van der Waals surface area (Å²) in [6.07, 6.45) is 12.9. The Hall–Kier alpha value is -1.32. The first-order valence-electron chi connectivity index (χ1n) is 8.00. The van der Waals surface area contributed by atoms with Gasteiger partial charge in [-0.1, -0.05) is 39.5 Å². The number of hydrogen-bond donors (Lipinski definition) is 0. The molecular formula is C16H28N2O2. The van der Waals surface area contributed by atoms with Crippen molar-refractivity contribution in [1.29, 1.82) is 0 Å². The van der Waals surface area contributed by atoms with Gasteiger partial charge in [0.05, 0.1) is 13.1 Å². The fourth-order valence-electron chi connectivity index (χ4n) is 2.48. The van der Waals surface area contributed by atoms with Crippen LogP contribution in [0.25, 0.3) is 0 Å². The molecule has 1 aromatic rings. The molecule has 0 unspecified atom stereocenters. The molecule has 0 radical (unpaired) electrons. The van der Waals surface area contributed by atoms with Crippen LogP contribution < -0.4 is 9.67 Å². The van der Waals surface area contributed by atoms with Crippen LogP contribution in [-0.2, 0) is 13.1 Å². The van der Waals surface area contributed by atoms with Gasteiger partial charge in [0.25, 0.3) is 0 Å². The van der Waals surface area contributed by atoms with E-state index in [1.807, 2.05) is 21.5 Å². The van der Waals surface area contributed by atoms with Gasteiger partial charge in [-0.15, -0.1) is 0 Å². The highest BCUT2D eigenvalue weighted by Gasteiger charge is 2.17. The smallest absolute Gasteiger partial charge is 0.304 e. The molecule has 0 atom stereocenters. The van der Waals surface area contributed by atoms with Crippen molar-refractivity contribution >= 4 is 5.97 Å². The first-order chi connectivity index (χ1) is 9.70. The summed E-state index contributed by atoms with van der Waals surface area (Å²) in [7, 11) is 0. The number of aromatic carboxylic acids is 1. The van der Waals surface area contributed by atoms with Gasteiger partial charge in [0, 0.05) is 0 Å². The maximum Gasteiger partial charge on any atom is 0.304 e. The Labute approximate surface area is 122 Å². The van der Waals surface area contributed by atoms with Gasteiger partial charge in [-0.05, 0) is 25.7 Å². The van der Waals surface area contributed by atoms with Crippen molar-refractivity contribution in [2.75, 3.05) is 0 Å². The van der Waals surface area contributed by atoms with E-state index in [0.717, 1.165) is 38.8 Å². The van der Waals surface area contributed by atoms with Crippen LogP contribution in [0.4, 0.5) is 0 Å². The minimum Gasteiger partial charge on any atom is -0.538 e. The second kappa shape index (κ2) is 9.56. The number of carboxylic acid groups (broad SMARTS) is 1. The average Bonchev–Trinajstić information content (AvgIpc) is 2.83. The number of nitrogens with zero attached hydrogens (tertiary/aromatic N) is 2. The SMILES string of the molecule is CCCCCCn1cc[n+](CCCCCC)c1C(=O)[O-]. The van der Waals surface area contributed by atoms with Gasteiger partial charge in [-0.2, -0.15) is 0 Å². The van der Waals surface area contributed by atoms with E-state index in [1.165, 1.54) is 25.7 Å². The van der Waals surface area contributed by atoms with Crippen molar-refractivity contribution in [3.63, 3.8) is 0 Å². The van der Waals surface area contributed by atoms with E-state index in [1.54, 1.807) is 0 Å². The first-order valence-corrected chi connectivity index (χ1v) is 8.00. The summed E-state index contributed by atoms with van der Waals surface area (Å²) in [5.41, 5.74) is 0. The van der Waals surface area contributed by atoms with Gasteiger partial charge in [-0.25, -0.2) is 9.13 Å². The molecule has 20 heavy (non-hydrogen) atoms. The lowest BCUT2D eigenvalue weighted by Gasteiger charge is -2.06. The Morgan fingerprint density at radius 1 is 1.10 bits per heavy atom. The quantitative estimate of drug-likeness (QED) is 0.461. The van der Waals surface area contributed by atoms with Crippen molar-refractivity contribution in [3.05, 3.63) is 18.2 Å². The van der Waals surface area contributed by atoms with Crippen LogP contribution in [0, 0.1) is 0 Å². The summed E-state index contributed by atoms with van der Waals surface area (Å²) in [6.45, 7) is 5.88. The summed E-state index contributed by atoms with van der Waals surface area (Å²) in [5.74, 6) is -0.751. The molecule has 4 nitrogen and oxygen atoms in total. The Morgan fingerprint density at radius 2 is 1.75 bits per heavy atom. The molecule has 1 aromatic heterocycles. The third-order valence-corrected chi connectivity index (χ3v) is 3.66. The van der Waals surface area contributed by atoms with Gasteiger partial charge >= 0.3 is 5.82 Å². The summed E-state index contributed by atoms with van der Waals surface area (Å²) in [6, 6.07) is 0. The molecule has 0 spiro atoms. The molecule has 114 valence electrons. The monoisotopic (exact) mass is 280 g/mol. The molecule has 4 heteroatoms. The number of aromatic nitrogens is 2. The van der Waals surface area contributed by atoms with E-state index in [4.69, 9.17) is 0 Å². The van der Waals surface area contributed by atoms with Crippen molar-refractivity contribution in [2.24, 2.45) is 0 Å². The predicted molar refractivity (Wildman–Crippen MR) is 77.2 cm³/mol. The number of rotatable bonds is 11. The van der Waals surface area contributed by atoms with E-state index in [-0.39, 0.29) is 0 Å². The Bertz CT molecular complexity index is 370. The predicted octanol–water partition coefficient (Wildman–Crippen LogP) is 2.30. The van der Waals surface area contributed by atoms with Gasteiger partial charge in [0.15, 0.2) is 5.97 Å². The van der Waals surface area contributed by atoms with Gasteiger partial charge in [-0.3, -0.25) is 0 Å². The minimum absolute atomic E-state index is 0.318. The summed E-state index contributed by atoms with van der Waals surface area (Å²) in [5, 5.41) is 11.3. The van der Waals surface area contributed by atoms with Crippen LogP contribution in [0.5, 0.6) is 0 Å². The summed E-state index contributed by atoms with van der Waals surface area (Å²) < 4.78 is 3.65. The van der Waals surface area contributed by atoms with Crippen LogP contribution in [0.2, 0.25) is 0 Å². The zero-order chi connectivity index (χ0) is 14.8. The van der Waals surface area contributed by atoms with E-state index in [2.05, 4.69) is 13.8 Å². The molecular weight excluding hydrogens is 252 g/mol. The largest absolute Gasteiger partial charge is 0.538 e. The maximum absolute atomic E-state index is 11.3. The minimum atomic E-state index is -1.07. The third-order valence-electron chi connectivity index (χ3n) is 3.66. The highest BCUT2D eigenvalue weighted by Crippen LogP contribution is 2.05. The lowest BCUT2D eigenvalue weighted by Crippen LogP contribution is -2.44. The van der Waals surface area contributed by atoms with Crippen LogP contribution in [0.3, 0.4) is 0 Å². The molecule has 0 N–H and O–H groups in total. The lowest BCUT2D eigenvalue weighted by molar-refractivity contribution is -0.701. The molecule has 0 fully saturated rings. The number of carbonyl (C=O) groups is 1. The van der Waals surface area contributed by atoms with Crippen LogP contribution in [0.1, 0.15) is 75.8 Å². The first kappa shape index (κ1) is 16.7. The van der Waals surface area contributed by atoms with Gasteiger partial charge in [0.1, 0.15) is 12.4 Å². The molecule has 0 amide bonds. The van der Waals surface area contributed by atoms with Crippen LogP contribution >= 0.6 is 0 Å². The van der Waals surface area contributed by atoms with Crippen LogP contribution in [-0.4, -0.2) is 10.5 Å². The van der Waals surface area contributed by atoms with Crippen molar-refractivity contribution in [3.8, 4) is 0 Å². The highest BCUT2D eigenvalue weighted by atomic mass is 16.4. The fraction of sp³-hybridized carbons (Fsp3) is 0.750. The number of aryl methyl sites for hydroxylation is 2. The zero-order valence-electron chi connectivity index (χ0n) is 12.9. The van der Waals surface area contributed by atoms with E-state index in [9.17, 15) is 9.90 Å². The lowest BCUT2D eigenvalue weighted by atomic mass is 10.2. The highest BCUT2D eigenvalue weighted by molar-refractivity contribution is 5.79. The number of carboxylic acids is 1. The molecule has 0 saturated carbocycles.